The number of ether oxygens (including phenoxy) is 14. The molecule has 0 aromatic rings. The highest BCUT2D eigenvalue weighted by Crippen LogP contribution is 2.40. The predicted molar refractivity (Wildman–Crippen MR) is 280 cm³/mol. The number of carboxylic acids is 2. The zero-order chi connectivity index (χ0) is 65.2. The monoisotopic (exact) mass is 1340 g/mol. The highest BCUT2D eigenvalue weighted by molar-refractivity contribution is 7.99. The van der Waals surface area contributed by atoms with Gasteiger partial charge in [-0.2, -0.15) is 23.5 Å². The molecular formula is C48H80N2O37S2. The fourth-order valence-electron chi connectivity index (χ4n) is 11.2. The van der Waals surface area contributed by atoms with Gasteiger partial charge in [0.2, 0.25) is 0 Å². The lowest BCUT2D eigenvalue weighted by atomic mass is 9.95. The van der Waals surface area contributed by atoms with E-state index in [-0.39, 0.29) is 11.5 Å². The van der Waals surface area contributed by atoms with Crippen molar-refractivity contribution < 1.29 is 183 Å². The molecule has 89 heavy (non-hydrogen) atoms. The molecule has 37 atom stereocenters. The third kappa shape index (κ3) is 15.9. The summed E-state index contributed by atoms with van der Waals surface area (Å²) in [5.74, 6) is -4.26. The van der Waals surface area contributed by atoms with Gasteiger partial charge >= 0.3 is 11.9 Å². The van der Waals surface area contributed by atoms with Crippen LogP contribution in [0.25, 0.3) is 0 Å². The second-order valence-electron chi connectivity index (χ2n) is 22.3. The van der Waals surface area contributed by atoms with Crippen molar-refractivity contribution in [2.75, 3.05) is 56.0 Å². The van der Waals surface area contributed by atoms with Crippen LogP contribution in [0.15, 0.2) is 0 Å². The molecule has 21 saturated heterocycles. The number of hydrogen-bond donors (Lipinski definition) is 23. The van der Waals surface area contributed by atoms with Gasteiger partial charge in [-0.25, -0.2) is 0 Å². The molecule has 21 fully saturated rings. The molecular weight excluding hydrogens is 1260 g/mol. The maximum Gasteiger partial charge on any atom is 0.321 e. The SMILES string of the molecule is N[C@H](CSCC1O[C@@H]2O[C@@H]3C(CO)O[C@@H](O[C@@H]4C(CO)O[C@@H](O[C@@H]5C(CSC[C@@H](N)C(=O)O)O[C@@H](O[C@@H]6C(CO)O[C@H](O[C@@H]7C(CO)O[C@H](O[C@@H]8C(CO)O[C@H](O[C@H]1[C@H](O)C2O)C(O)[C@H]8O)C(O)[C@H]7O)C(O)[C@H]6O)C(O)[C@H]5O)C(O)[C@H]4O)C(O)[C@H]3O)C(=O)O. The van der Waals surface area contributed by atoms with Crippen LogP contribution in [0, 0.1) is 0 Å². The van der Waals surface area contributed by atoms with Gasteiger partial charge in [0, 0.05) is 23.0 Å². The summed E-state index contributed by atoms with van der Waals surface area (Å²) in [6.45, 7) is -5.43. The number of hydrogen-bond acceptors (Lipinski definition) is 39. The molecule has 21 rings (SSSR count). The van der Waals surface area contributed by atoms with Crippen molar-refractivity contribution in [1.29, 1.82) is 0 Å². The van der Waals surface area contributed by atoms with Gasteiger partial charge in [0.05, 0.1) is 45.2 Å². The quantitative estimate of drug-likeness (QED) is 0.0724. The van der Waals surface area contributed by atoms with Crippen molar-refractivity contribution in [1.82, 2.24) is 0 Å². The average molecular weight is 1340 g/mol. The average Bonchev–Trinajstić information content (AvgIpc) is 0.983. The first-order chi connectivity index (χ1) is 42.2. The van der Waals surface area contributed by atoms with E-state index in [1.54, 1.807) is 0 Å². The molecule has 0 saturated carbocycles. The summed E-state index contributed by atoms with van der Waals surface area (Å²) in [5, 5.41) is 233. The largest absolute Gasteiger partial charge is 0.480 e. The van der Waals surface area contributed by atoms with Gasteiger partial charge in [0.1, 0.15) is 171 Å². The summed E-state index contributed by atoms with van der Waals surface area (Å²) in [7, 11) is 0. The number of nitrogens with two attached hydrogens (primary N) is 2. The minimum absolute atomic E-state index is 0.319. The Hall–Kier alpha value is -1.76. The van der Waals surface area contributed by atoms with Crippen molar-refractivity contribution in [3.8, 4) is 0 Å². The second-order valence-corrected chi connectivity index (χ2v) is 24.4. The Morgan fingerprint density at radius 1 is 0.281 bits per heavy atom. The van der Waals surface area contributed by atoms with E-state index >= 15 is 0 Å². The maximum atomic E-state index is 11.7. The zero-order valence-electron chi connectivity index (χ0n) is 46.6. The fourth-order valence-corrected chi connectivity index (χ4v) is 13.2. The van der Waals surface area contributed by atoms with Gasteiger partial charge < -0.3 is 185 Å². The Morgan fingerprint density at radius 2 is 0.438 bits per heavy atom. The number of aliphatic hydroxyl groups is 19. The first-order valence-corrected chi connectivity index (χ1v) is 30.4. The van der Waals surface area contributed by atoms with Crippen LogP contribution >= 0.6 is 23.5 Å². The number of aliphatic carboxylic acids is 2. The molecule has 39 nitrogen and oxygen atoms in total. The van der Waals surface area contributed by atoms with E-state index in [1.807, 2.05) is 0 Å². The zero-order valence-corrected chi connectivity index (χ0v) is 48.3. The molecule has 14 bridgehead atoms. The summed E-state index contributed by atoms with van der Waals surface area (Å²) in [5.41, 5.74) is 11.4. The molecule has 21 aliphatic rings. The molecule has 21 heterocycles. The van der Waals surface area contributed by atoms with Crippen LogP contribution < -0.4 is 11.5 Å². The molecule has 25 N–H and O–H groups in total. The third-order valence-corrected chi connectivity index (χ3v) is 18.5. The second kappa shape index (κ2) is 31.9. The number of rotatable bonds is 15. The van der Waals surface area contributed by atoms with Gasteiger partial charge in [0.25, 0.3) is 0 Å². The third-order valence-electron chi connectivity index (χ3n) is 16.2. The lowest BCUT2D eigenvalue weighted by Gasteiger charge is -2.50. The molecule has 41 heteroatoms. The lowest BCUT2D eigenvalue weighted by Crippen LogP contribution is -2.68. The smallest absolute Gasteiger partial charge is 0.321 e. The van der Waals surface area contributed by atoms with Crippen molar-refractivity contribution >= 4 is 35.5 Å². The molecule has 0 spiro atoms. The Balaban J connectivity index is 1.11. The highest BCUT2D eigenvalue weighted by atomic mass is 32.2. The minimum Gasteiger partial charge on any atom is -0.480 e. The number of carbonyl (C=O) groups is 2. The number of aliphatic hydroxyl groups excluding tert-OH is 19. The summed E-state index contributed by atoms with van der Waals surface area (Å²) in [6.07, 6.45) is -71.4. The van der Waals surface area contributed by atoms with Crippen LogP contribution in [0.5, 0.6) is 0 Å². The van der Waals surface area contributed by atoms with Crippen LogP contribution in [0.3, 0.4) is 0 Å². The normalized spacial score (nSPS) is 50.1. The van der Waals surface area contributed by atoms with E-state index in [2.05, 4.69) is 0 Å². The molecule has 0 aromatic heterocycles. The van der Waals surface area contributed by atoms with Crippen LogP contribution in [0.4, 0.5) is 0 Å². The van der Waals surface area contributed by atoms with Gasteiger partial charge in [-0.1, -0.05) is 0 Å². The Morgan fingerprint density at radius 3 is 0.596 bits per heavy atom. The first kappa shape index (κ1) is 73.1. The molecule has 516 valence electrons. The van der Waals surface area contributed by atoms with E-state index in [4.69, 9.17) is 77.8 Å². The van der Waals surface area contributed by atoms with Gasteiger partial charge in [0.15, 0.2) is 44.0 Å². The van der Waals surface area contributed by atoms with Crippen LogP contribution in [0.1, 0.15) is 0 Å². The maximum absolute atomic E-state index is 11.7. The molecule has 14 unspecified atom stereocenters. The predicted octanol–water partition coefficient (Wildman–Crippen LogP) is -14.9. The van der Waals surface area contributed by atoms with E-state index in [0.29, 0.717) is 0 Å². The van der Waals surface area contributed by atoms with Crippen molar-refractivity contribution in [2.24, 2.45) is 11.5 Å². The number of carboxylic acid groups (broad SMARTS) is 2. The van der Waals surface area contributed by atoms with Crippen LogP contribution in [0.2, 0.25) is 0 Å². The summed E-state index contributed by atoms with van der Waals surface area (Å²) >= 11 is 1.60. The van der Waals surface area contributed by atoms with Crippen molar-refractivity contribution in [2.45, 2.75) is 227 Å². The molecule has 21 aliphatic heterocycles. The Labute approximate surface area is 511 Å². The fraction of sp³-hybridized carbons (Fsp3) is 0.958. The van der Waals surface area contributed by atoms with Gasteiger partial charge in [-0.3, -0.25) is 9.59 Å². The molecule has 0 aliphatic carbocycles. The summed E-state index contributed by atoms with van der Waals surface area (Å²) in [4.78, 5) is 23.2. The van der Waals surface area contributed by atoms with Gasteiger partial charge in [-0.15, -0.1) is 0 Å². The molecule has 0 amide bonds. The van der Waals surface area contributed by atoms with Crippen LogP contribution in [-0.2, 0) is 75.9 Å². The summed E-state index contributed by atoms with van der Waals surface area (Å²) < 4.78 is 81.6. The van der Waals surface area contributed by atoms with Crippen LogP contribution in [-0.4, -0.2) is 402 Å². The highest BCUT2D eigenvalue weighted by Gasteiger charge is 2.60. The van der Waals surface area contributed by atoms with E-state index in [9.17, 15) is 117 Å². The first-order valence-electron chi connectivity index (χ1n) is 28.1. The standard InChI is InChI=1S/C48H80N2O37S2/c49-10(40(70)71)6-88-8-17-38-25(62)32(69)48(80-17)85-37-16(5-55)76-44(28(65)21(37)58)83-35-14(3-53)78-46(30(67)23(35)60)87-39-18(9-89-7-11(50)41(72)73)79-47(31(68)24(39)61)84-36-15(4-54)75-43(27(64)20(36)57)81-33-12(1-51)74-42(26(63)19(33)56)82-34-13(2-52)77-45(86-38)29(66)22(34)59/h10-39,42-48,51-69H,1-9,49-50H2,(H,70,71)(H,72,73)/t10-,11-,12?,13?,14?,15?,16?,17?,18?,19-,20-,21-,22-,23-,24-,25-,26?,27?,28?,29?,30?,31?,32?,33-,34-,35-,36-,37-,38-,39-,42-,43-,44+,45-,46+,47+,48-/m1/s1. The molecule has 0 aromatic carbocycles. The summed E-state index contributed by atoms with van der Waals surface area (Å²) in [6, 6.07) is -2.94. The van der Waals surface area contributed by atoms with Crippen molar-refractivity contribution in [3.05, 3.63) is 0 Å². The number of thioether (sulfide) groups is 2. The lowest BCUT2D eigenvalue weighted by molar-refractivity contribution is -0.395. The van der Waals surface area contributed by atoms with Crippen molar-refractivity contribution in [3.63, 3.8) is 0 Å². The topological polar surface area (TPSA) is 640 Å². The Kier molecular flexibility index (Phi) is 26.2. The minimum atomic E-state index is -2.27. The van der Waals surface area contributed by atoms with E-state index in [0.717, 1.165) is 23.5 Å². The van der Waals surface area contributed by atoms with E-state index in [1.165, 1.54) is 0 Å². The van der Waals surface area contributed by atoms with Gasteiger partial charge in [-0.05, 0) is 0 Å². The Bertz CT molecular complexity index is 2200. The van der Waals surface area contributed by atoms with E-state index < -0.39 is 284 Å². The molecule has 0 radical (unpaired) electrons.